The number of carbonyl (C=O) groups is 1. The van der Waals surface area contributed by atoms with E-state index < -0.39 is 23.1 Å². The number of amides is 1. The molecule has 2 aromatic carbocycles. The molecule has 1 aliphatic heterocycles. The second kappa shape index (κ2) is 6.95. The number of aryl methyl sites for hydroxylation is 1. The Kier molecular flexibility index (Phi) is 4.24. The van der Waals surface area contributed by atoms with E-state index in [1.807, 2.05) is 65.0 Å². The van der Waals surface area contributed by atoms with Gasteiger partial charge in [0, 0.05) is 18.0 Å². The van der Waals surface area contributed by atoms with Gasteiger partial charge in [-0.3, -0.25) is 4.79 Å². The molecule has 1 aliphatic rings. The number of aromatic nitrogens is 3. The van der Waals surface area contributed by atoms with Crippen molar-refractivity contribution in [2.75, 3.05) is 0 Å². The Morgan fingerprint density at radius 1 is 0.933 bits per heavy atom. The Morgan fingerprint density at radius 3 is 2.27 bits per heavy atom. The van der Waals surface area contributed by atoms with Crippen molar-refractivity contribution >= 4 is 5.91 Å². The Morgan fingerprint density at radius 2 is 1.60 bits per heavy atom. The van der Waals surface area contributed by atoms with E-state index in [4.69, 9.17) is 5.10 Å². The van der Waals surface area contributed by atoms with Gasteiger partial charge in [0.05, 0.1) is 24.5 Å². The van der Waals surface area contributed by atoms with Gasteiger partial charge in [0.2, 0.25) is 0 Å². The minimum atomic E-state index is -0.861. The summed E-state index contributed by atoms with van der Waals surface area (Å²) in [6.07, 6.45) is 3.81. The van der Waals surface area contributed by atoms with Gasteiger partial charge in [0.1, 0.15) is 23.0 Å². The molecule has 7 heteroatoms. The molecule has 0 bridgehead atoms. The lowest BCUT2D eigenvalue weighted by atomic mass is 10.1. The quantitative estimate of drug-likeness (QED) is 0.508. The third-order valence-electron chi connectivity index (χ3n) is 5.32. The second-order valence-corrected chi connectivity index (χ2v) is 7.34. The first-order chi connectivity index (χ1) is 14.5. The van der Waals surface area contributed by atoms with E-state index in [0.717, 1.165) is 34.8 Å². The molecule has 1 amide bonds. The molecule has 0 unspecified atom stereocenters. The number of rotatable bonds is 3. The van der Waals surface area contributed by atoms with Crippen LogP contribution in [0.4, 0.5) is 8.78 Å². The predicted molar refractivity (Wildman–Crippen MR) is 108 cm³/mol. The maximum absolute atomic E-state index is 14.1. The van der Waals surface area contributed by atoms with Crippen LogP contribution in [0.1, 0.15) is 27.2 Å². The summed E-state index contributed by atoms with van der Waals surface area (Å²) < 4.78 is 32.0. The summed E-state index contributed by atoms with van der Waals surface area (Å²) in [5.74, 6) is -1.59. The van der Waals surface area contributed by atoms with Crippen molar-refractivity contribution in [3.05, 3.63) is 101 Å². The summed E-state index contributed by atoms with van der Waals surface area (Å²) in [5.41, 5.74) is 3.08. The lowest BCUT2D eigenvalue weighted by molar-refractivity contribution is 0.0739. The highest BCUT2D eigenvalue weighted by atomic mass is 19.1. The van der Waals surface area contributed by atoms with Gasteiger partial charge in [-0.15, -0.1) is 0 Å². The lowest BCUT2D eigenvalue weighted by Gasteiger charge is -2.18. The number of hydrogen-bond acceptors (Lipinski definition) is 2. The molecule has 2 aromatic heterocycles. The van der Waals surface area contributed by atoms with Crippen LogP contribution in [0.5, 0.6) is 0 Å². The Bertz CT molecular complexity index is 1220. The fourth-order valence-corrected chi connectivity index (χ4v) is 3.81. The van der Waals surface area contributed by atoms with E-state index in [9.17, 15) is 13.6 Å². The molecule has 3 heterocycles. The molecular formula is C23H18F2N4O. The predicted octanol–water partition coefficient (Wildman–Crippen LogP) is 4.41. The molecule has 0 saturated heterocycles. The van der Waals surface area contributed by atoms with Gasteiger partial charge in [-0.2, -0.15) is 5.10 Å². The molecule has 0 fully saturated rings. The number of hydrogen-bond donors (Lipinski definition) is 0. The van der Waals surface area contributed by atoms with Crippen molar-refractivity contribution in [1.29, 1.82) is 0 Å². The first kappa shape index (κ1) is 18.3. The molecule has 0 atom stereocenters. The van der Waals surface area contributed by atoms with Gasteiger partial charge in [-0.25, -0.2) is 13.5 Å². The number of nitrogens with zero attached hydrogens (tertiary/aromatic N) is 4. The van der Waals surface area contributed by atoms with E-state index in [2.05, 4.69) is 0 Å². The molecule has 5 nitrogen and oxygen atoms in total. The highest BCUT2D eigenvalue weighted by Crippen LogP contribution is 2.32. The standard InChI is InChI=1S/C23H18F2N4O/c1-15-7-9-16(10-8-15)29-22(27-11-2-3-12-27)17-13-28(14-20(17)26-29)23(30)21-18(24)5-4-6-19(21)25/h2-12H,13-14H2,1H3. The fraction of sp³-hybridized carbons (Fsp3) is 0.130. The van der Waals surface area contributed by atoms with Crippen molar-refractivity contribution in [1.82, 2.24) is 19.2 Å². The Hall–Kier alpha value is -3.74. The molecule has 150 valence electrons. The third-order valence-corrected chi connectivity index (χ3v) is 5.32. The maximum Gasteiger partial charge on any atom is 0.260 e. The average Bonchev–Trinajstić information content (AvgIpc) is 3.44. The van der Waals surface area contributed by atoms with Gasteiger partial charge in [0.15, 0.2) is 0 Å². The van der Waals surface area contributed by atoms with Crippen LogP contribution >= 0.6 is 0 Å². The van der Waals surface area contributed by atoms with E-state index in [-0.39, 0.29) is 13.1 Å². The monoisotopic (exact) mass is 404 g/mol. The average molecular weight is 404 g/mol. The van der Waals surface area contributed by atoms with Gasteiger partial charge < -0.3 is 9.47 Å². The molecule has 0 spiro atoms. The molecule has 0 aliphatic carbocycles. The maximum atomic E-state index is 14.1. The molecule has 0 saturated carbocycles. The summed E-state index contributed by atoms with van der Waals surface area (Å²) in [6, 6.07) is 15.2. The summed E-state index contributed by atoms with van der Waals surface area (Å²) in [4.78, 5) is 14.3. The molecule has 0 radical (unpaired) electrons. The van der Waals surface area contributed by atoms with Crippen LogP contribution in [0.15, 0.2) is 67.0 Å². The minimum Gasteiger partial charge on any atom is -0.328 e. The van der Waals surface area contributed by atoms with Crippen molar-refractivity contribution in [2.24, 2.45) is 0 Å². The summed E-state index contributed by atoms with van der Waals surface area (Å²) >= 11 is 0. The normalized spacial score (nSPS) is 13.0. The van der Waals surface area contributed by atoms with Gasteiger partial charge in [0.25, 0.3) is 5.91 Å². The number of halogens is 2. The van der Waals surface area contributed by atoms with Crippen LogP contribution < -0.4 is 0 Å². The fourth-order valence-electron chi connectivity index (χ4n) is 3.81. The summed E-state index contributed by atoms with van der Waals surface area (Å²) in [5, 5.41) is 4.73. The van der Waals surface area contributed by atoms with Gasteiger partial charge in [-0.1, -0.05) is 23.8 Å². The minimum absolute atomic E-state index is 0.190. The molecule has 5 rings (SSSR count). The SMILES string of the molecule is Cc1ccc(-n2nc3c(c2-n2cccc2)CN(C(=O)c2c(F)cccc2F)C3)cc1. The van der Waals surface area contributed by atoms with Crippen LogP contribution in [-0.2, 0) is 13.1 Å². The van der Waals surface area contributed by atoms with Crippen LogP contribution in [0, 0.1) is 18.6 Å². The molecular weight excluding hydrogens is 386 g/mol. The largest absolute Gasteiger partial charge is 0.328 e. The van der Waals surface area contributed by atoms with Crippen molar-refractivity contribution < 1.29 is 13.6 Å². The van der Waals surface area contributed by atoms with Crippen molar-refractivity contribution in [3.63, 3.8) is 0 Å². The zero-order valence-corrected chi connectivity index (χ0v) is 16.2. The van der Waals surface area contributed by atoms with Gasteiger partial charge >= 0.3 is 0 Å². The lowest BCUT2D eigenvalue weighted by Crippen LogP contribution is -2.28. The molecule has 30 heavy (non-hydrogen) atoms. The summed E-state index contributed by atoms with van der Waals surface area (Å²) in [7, 11) is 0. The van der Waals surface area contributed by atoms with Crippen LogP contribution in [0.25, 0.3) is 11.5 Å². The number of fused-ring (bicyclic) bond motifs is 1. The van der Waals surface area contributed by atoms with E-state index in [1.165, 1.54) is 11.0 Å². The third kappa shape index (κ3) is 2.90. The zero-order chi connectivity index (χ0) is 20.8. The highest BCUT2D eigenvalue weighted by molar-refractivity contribution is 5.95. The number of benzene rings is 2. The zero-order valence-electron chi connectivity index (χ0n) is 16.2. The summed E-state index contributed by atoms with van der Waals surface area (Å²) in [6.45, 7) is 2.43. The number of carbonyl (C=O) groups excluding carboxylic acids is 1. The van der Waals surface area contributed by atoms with Crippen LogP contribution in [-0.4, -0.2) is 25.2 Å². The first-order valence-corrected chi connectivity index (χ1v) is 9.57. The van der Waals surface area contributed by atoms with Crippen molar-refractivity contribution in [2.45, 2.75) is 20.0 Å². The Labute approximate surface area is 171 Å². The molecule has 0 N–H and O–H groups in total. The van der Waals surface area contributed by atoms with E-state index >= 15 is 0 Å². The van der Waals surface area contributed by atoms with Crippen LogP contribution in [0.3, 0.4) is 0 Å². The first-order valence-electron chi connectivity index (χ1n) is 9.57. The Balaban J connectivity index is 1.56. The topological polar surface area (TPSA) is 43.1 Å². The second-order valence-electron chi connectivity index (χ2n) is 7.34. The molecule has 4 aromatic rings. The van der Waals surface area contributed by atoms with Crippen molar-refractivity contribution in [3.8, 4) is 11.5 Å². The smallest absolute Gasteiger partial charge is 0.260 e. The van der Waals surface area contributed by atoms with Gasteiger partial charge in [-0.05, 0) is 43.3 Å². The van der Waals surface area contributed by atoms with Crippen LogP contribution in [0.2, 0.25) is 0 Å². The van der Waals surface area contributed by atoms with E-state index in [1.54, 1.807) is 0 Å². The highest BCUT2D eigenvalue weighted by Gasteiger charge is 2.33. The van der Waals surface area contributed by atoms with E-state index in [0.29, 0.717) is 5.69 Å².